The standard InChI is InChI=1S/C16H31N3O.ClH/c1-2-3-4-5-6-7-8-9-13-12-14-10-11-15(20)19(14)16(17)18-13;/h13-15,20H,2-12H2,1H3,(H2,17,18);1H/t13-,14+,15?;/m1./s1. The first-order chi connectivity index (χ1) is 9.72. The Kier molecular flexibility index (Phi) is 8.42. The molecule has 3 atom stereocenters. The SMILES string of the molecule is CCCCCCCCC[C@@H]1C[C@@H]2CCC(O)[N+]2=C(N)N1.[Cl-]. The van der Waals surface area contributed by atoms with Gasteiger partial charge in [0.2, 0.25) is 0 Å². The van der Waals surface area contributed by atoms with E-state index in [9.17, 15) is 5.11 Å². The second kappa shape index (κ2) is 9.52. The molecule has 0 aromatic heterocycles. The summed E-state index contributed by atoms with van der Waals surface area (Å²) in [6.07, 6.45) is 13.4. The Balaban J connectivity index is 0.00000220. The molecule has 1 fully saturated rings. The molecule has 0 saturated carbocycles. The number of halogens is 1. The first kappa shape index (κ1) is 18.6. The van der Waals surface area contributed by atoms with Crippen molar-refractivity contribution in [1.82, 2.24) is 5.32 Å². The van der Waals surface area contributed by atoms with E-state index in [2.05, 4.69) is 12.2 Å². The molecule has 0 aromatic carbocycles. The summed E-state index contributed by atoms with van der Waals surface area (Å²) >= 11 is 0. The van der Waals surface area contributed by atoms with E-state index in [1.807, 2.05) is 4.58 Å². The van der Waals surface area contributed by atoms with Gasteiger partial charge in [-0.1, -0.05) is 51.9 Å². The molecule has 1 unspecified atom stereocenters. The second-order valence-corrected chi connectivity index (χ2v) is 6.49. The number of nitrogens with zero attached hydrogens (tertiary/aromatic N) is 1. The fourth-order valence-corrected chi connectivity index (χ4v) is 3.66. The van der Waals surface area contributed by atoms with Crippen LogP contribution in [0.15, 0.2) is 0 Å². The summed E-state index contributed by atoms with van der Waals surface area (Å²) in [7, 11) is 0. The molecule has 5 heteroatoms. The van der Waals surface area contributed by atoms with Crippen molar-refractivity contribution in [2.45, 2.75) is 95.9 Å². The molecule has 2 rings (SSSR count). The maximum Gasteiger partial charge on any atom is 0.346 e. The second-order valence-electron chi connectivity index (χ2n) is 6.49. The molecule has 2 aliphatic heterocycles. The molecule has 4 nitrogen and oxygen atoms in total. The van der Waals surface area contributed by atoms with Crippen LogP contribution in [0, 0.1) is 0 Å². The molecular formula is C16H32ClN3O. The number of unbranched alkanes of at least 4 members (excludes halogenated alkanes) is 6. The van der Waals surface area contributed by atoms with Crippen LogP contribution < -0.4 is 23.5 Å². The summed E-state index contributed by atoms with van der Waals surface area (Å²) < 4.78 is 1.97. The molecule has 0 radical (unpaired) electrons. The summed E-state index contributed by atoms with van der Waals surface area (Å²) in [5.74, 6) is 0.694. The van der Waals surface area contributed by atoms with Crippen molar-refractivity contribution >= 4 is 5.96 Å². The maximum atomic E-state index is 9.88. The van der Waals surface area contributed by atoms with Gasteiger partial charge < -0.3 is 17.5 Å². The molecular weight excluding hydrogens is 286 g/mol. The van der Waals surface area contributed by atoms with Crippen molar-refractivity contribution in [1.29, 1.82) is 0 Å². The molecule has 0 amide bonds. The predicted octanol–water partition coefficient (Wildman–Crippen LogP) is -0.699. The average molecular weight is 318 g/mol. The Hall–Kier alpha value is -0.480. The Bertz CT molecular complexity index is 335. The van der Waals surface area contributed by atoms with Gasteiger partial charge in [-0.2, -0.15) is 0 Å². The minimum absolute atomic E-state index is 0. The third kappa shape index (κ3) is 5.33. The van der Waals surface area contributed by atoms with Crippen LogP contribution in [-0.4, -0.2) is 34.0 Å². The normalized spacial score (nSPS) is 28.0. The zero-order valence-corrected chi connectivity index (χ0v) is 14.1. The van der Waals surface area contributed by atoms with Gasteiger partial charge in [0, 0.05) is 12.8 Å². The number of aliphatic hydroxyl groups is 1. The Morgan fingerprint density at radius 2 is 1.81 bits per heavy atom. The molecule has 0 aromatic rings. The fraction of sp³-hybridized carbons (Fsp3) is 0.938. The van der Waals surface area contributed by atoms with E-state index in [0.717, 1.165) is 19.3 Å². The van der Waals surface area contributed by atoms with E-state index in [1.54, 1.807) is 0 Å². The molecule has 0 spiro atoms. The highest BCUT2D eigenvalue weighted by atomic mass is 35.5. The highest BCUT2D eigenvalue weighted by Crippen LogP contribution is 2.25. The van der Waals surface area contributed by atoms with Gasteiger partial charge in [-0.15, -0.1) is 0 Å². The summed E-state index contributed by atoms with van der Waals surface area (Å²) in [5.41, 5.74) is 6.06. The Morgan fingerprint density at radius 3 is 2.52 bits per heavy atom. The number of fused-ring (bicyclic) bond motifs is 1. The Labute approximate surface area is 135 Å². The molecule has 2 aliphatic rings. The van der Waals surface area contributed by atoms with Gasteiger partial charge in [-0.3, -0.25) is 11.1 Å². The molecule has 1 saturated heterocycles. The maximum absolute atomic E-state index is 9.88. The molecule has 124 valence electrons. The van der Waals surface area contributed by atoms with Gasteiger partial charge in [-0.25, -0.2) is 4.58 Å². The predicted molar refractivity (Wildman–Crippen MR) is 82.6 cm³/mol. The van der Waals surface area contributed by atoms with E-state index >= 15 is 0 Å². The van der Waals surface area contributed by atoms with Crippen LogP contribution in [-0.2, 0) is 0 Å². The highest BCUT2D eigenvalue weighted by molar-refractivity contribution is 5.73. The molecule has 0 bridgehead atoms. The van der Waals surface area contributed by atoms with Crippen molar-refractivity contribution in [3.63, 3.8) is 0 Å². The largest absolute Gasteiger partial charge is 1.00 e. The summed E-state index contributed by atoms with van der Waals surface area (Å²) in [5, 5.41) is 13.3. The minimum atomic E-state index is -0.369. The van der Waals surface area contributed by atoms with Crippen molar-refractivity contribution in [2.75, 3.05) is 0 Å². The van der Waals surface area contributed by atoms with E-state index in [0.29, 0.717) is 18.0 Å². The van der Waals surface area contributed by atoms with E-state index in [1.165, 1.54) is 51.4 Å². The topological polar surface area (TPSA) is 61.3 Å². The number of hydrogen-bond acceptors (Lipinski definition) is 3. The lowest BCUT2D eigenvalue weighted by molar-refractivity contribution is -0.623. The van der Waals surface area contributed by atoms with Gasteiger partial charge in [0.05, 0.1) is 12.1 Å². The number of hydrogen-bond donors (Lipinski definition) is 3. The molecule has 21 heavy (non-hydrogen) atoms. The number of nitrogens with two attached hydrogens (primary N) is 1. The van der Waals surface area contributed by atoms with Crippen LogP contribution >= 0.6 is 0 Å². The van der Waals surface area contributed by atoms with Crippen molar-refractivity contribution in [3.8, 4) is 0 Å². The van der Waals surface area contributed by atoms with Gasteiger partial charge in [0.1, 0.15) is 0 Å². The quantitative estimate of drug-likeness (QED) is 0.410. The van der Waals surface area contributed by atoms with Gasteiger partial charge in [0.15, 0.2) is 6.23 Å². The first-order valence-electron chi connectivity index (χ1n) is 8.57. The van der Waals surface area contributed by atoms with Gasteiger partial charge in [-0.05, 0) is 12.8 Å². The summed E-state index contributed by atoms with van der Waals surface area (Å²) in [6.45, 7) is 2.26. The number of rotatable bonds is 8. The smallest absolute Gasteiger partial charge is 0.346 e. The van der Waals surface area contributed by atoms with Crippen molar-refractivity contribution in [3.05, 3.63) is 0 Å². The zero-order valence-electron chi connectivity index (χ0n) is 13.4. The van der Waals surface area contributed by atoms with E-state index in [4.69, 9.17) is 5.73 Å². The summed E-state index contributed by atoms with van der Waals surface area (Å²) in [4.78, 5) is 0. The van der Waals surface area contributed by atoms with Crippen LogP contribution in [0.2, 0.25) is 0 Å². The number of aliphatic hydroxyl groups excluding tert-OH is 1. The van der Waals surface area contributed by atoms with Crippen LogP contribution in [0.4, 0.5) is 0 Å². The van der Waals surface area contributed by atoms with Crippen molar-refractivity contribution in [2.24, 2.45) is 5.73 Å². The van der Waals surface area contributed by atoms with Crippen LogP contribution in [0.25, 0.3) is 0 Å². The first-order valence-corrected chi connectivity index (χ1v) is 8.57. The lowest BCUT2D eigenvalue weighted by Gasteiger charge is -2.27. The van der Waals surface area contributed by atoms with Gasteiger partial charge >= 0.3 is 5.96 Å². The highest BCUT2D eigenvalue weighted by Gasteiger charge is 2.39. The molecule has 4 N–H and O–H groups in total. The van der Waals surface area contributed by atoms with Crippen LogP contribution in [0.1, 0.15) is 77.6 Å². The third-order valence-corrected chi connectivity index (χ3v) is 4.82. The summed E-state index contributed by atoms with van der Waals surface area (Å²) in [6, 6.07) is 0.970. The minimum Gasteiger partial charge on any atom is -1.00 e. The van der Waals surface area contributed by atoms with E-state index in [-0.39, 0.29) is 18.6 Å². The van der Waals surface area contributed by atoms with Crippen LogP contribution in [0.3, 0.4) is 0 Å². The molecule has 2 heterocycles. The lowest BCUT2D eigenvalue weighted by atomic mass is 9.98. The fourth-order valence-electron chi connectivity index (χ4n) is 3.66. The van der Waals surface area contributed by atoms with Gasteiger partial charge in [0.25, 0.3) is 0 Å². The lowest BCUT2D eigenvalue weighted by Crippen LogP contribution is -3.00. The van der Waals surface area contributed by atoms with Crippen LogP contribution in [0.5, 0.6) is 0 Å². The Morgan fingerprint density at radius 1 is 1.14 bits per heavy atom. The number of guanidine groups is 1. The van der Waals surface area contributed by atoms with E-state index < -0.39 is 0 Å². The zero-order chi connectivity index (χ0) is 14.4. The number of nitrogens with one attached hydrogen (secondary N) is 1. The third-order valence-electron chi connectivity index (χ3n) is 4.82. The average Bonchev–Trinajstić information content (AvgIpc) is 2.80. The monoisotopic (exact) mass is 317 g/mol. The molecule has 0 aliphatic carbocycles. The van der Waals surface area contributed by atoms with Crippen molar-refractivity contribution < 1.29 is 22.1 Å².